The average molecular weight is 280 g/mol. The number of hydrogen-bond acceptors (Lipinski definition) is 2. The maximum absolute atomic E-state index is 4.72. The maximum Gasteiger partial charge on any atom is 0.122 e. The number of para-hydroxylation sites is 1. The van der Waals surface area contributed by atoms with E-state index in [1.54, 1.807) is 6.20 Å². The molecular formula is C20H12N2. The topological polar surface area (TPSA) is 25.8 Å². The first-order chi connectivity index (χ1) is 10.9. The molecule has 2 nitrogen and oxygen atoms in total. The molecule has 0 fully saturated rings. The van der Waals surface area contributed by atoms with Gasteiger partial charge in [-0.1, -0.05) is 48.5 Å². The van der Waals surface area contributed by atoms with E-state index < -0.39 is 0 Å². The van der Waals surface area contributed by atoms with Crippen LogP contribution in [0.4, 0.5) is 0 Å². The molecule has 0 spiro atoms. The van der Waals surface area contributed by atoms with Crippen LogP contribution in [0, 0.1) is 11.8 Å². The van der Waals surface area contributed by atoms with Gasteiger partial charge >= 0.3 is 0 Å². The van der Waals surface area contributed by atoms with E-state index >= 15 is 0 Å². The van der Waals surface area contributed by atoms with Gasteiger partial charge in [0.2, 0.25) is 0 Å². The summed E-state index contributed by atoms with van der Waals surface area (Å²) in [5.74, 6) is 6.27. The Kier molecular flexibility index (Phi) is 3.03. The average Bonchev–Trinajstić information content (AvgIpc) is 2.60. The van der Waals surface area contributed by atoms with Crippen LogP contribution in [0.15, 0.2) is 72.9 Å². The zero-order chi connectivity index (χ0) is 14.8. The lowest BCUT2D eigenvalue weighted by Gasteiger charge is -2.05. The zero-order valence-electron chi connectivity index (χ0n) is 11.8. The Morgan fingerprint density at radius 1 is 0.636 bits per heavy atom. The van der Waals surface area contributed by atoms with Gasteiger partial charge in [-0.15, -0.1) is 0 Å². The fourth-order valence-electron chi connectivity index (χ4n) is 2.56. The van der Waals surface area contributed by atoms with Crippen LogP contribution in [-0.4, -0.2) is 9.97 Å². The summed E-state index contributed by atoms with van der Waals surface area (Å²) in [6.07, 6.45) is 1.75. The highest BCUT2D eigenvalue weighted by atomic mass is 14.7. The van der Waals surface area contributed by atoms with Gasteiger partial charge in [0, 0.05) is 17.0 Å². The van der Waals surface area contributed by atoms with E-state index in [0.29, 0.717) is 0 Å². The molecule has 0 amide bonds. The van der Waals surface area contributed by atoms with Gasteiger partial charge < -0.3 is 0 Å². The molecule has 0 aliphatic carbocycles. The lowest BCUT2D eigenvalue weighted by Crippen LogP contribution is -1.89. The van der Waals surface area contributed by atoms with Crippen LogP contribution < -0.4 is 0 Å². The number of rotatable bonds is 0. The van der Waals surface area contributed by atoms with Crippen molar-refractivity contribution in [1.82, 2.24) is 9.97 Å². The first-order valence-corrected chi connectivity index (χ1v) is 7.12. The van der Waals surface area contributed by atoms with Crippen LogP contribution >= 0.6 is 0 Å². The third-order valence-electron chi connectivity index (χ3n) is 3.58. The van der Waals surface area contributed by atoms with Gasteiger partial charge in [-0.3, -0.25) is 0 Å². The lowest BCUT2D eigenvalue weighted by atomic mass is 10.0. The molecule has 0 radical (unpaired) electrons. The summed E-state index contributed by atoms with van der Waals surface area (Å²) in [7, 11) is 0. The first-order valence-electron chi connectivity index (χ1n) is 7.12. The van der Waals surface area contributed by atoms with Crippen molar-refractivity contribution in [2.24, 2.45) is 0 Å². The van der Waals surface area contributed by atoms with Gasteiger partial charge in [0.15, 0.2) is 0 Å². The Hall–Kier alpha value is -3.18. The summed E-state index contributed by atoms with van der Waals surface area (Å²) in [6, 6.07) is 22.1. The summed E-state index contributed by atoms with van der Waals surface area (Å²) < 4.78 is 0. The molecule has 102 valence electrons. The molecule has 0 N–H and O–H groups in total. The highest BCUT2D eigenvalue weighted by Gasteiger charge is 2.05. The molecule has 0 saturated carbocycles. The molecule has 2 aromatic carbocycles. The number of fused-ring (bicyclic) bond motifs is 3. The quantitative estimate of drug-likeness (QED) is 0.356. The first kappa shape index (κ1) is 12.6. The van der Waals surface area contributed by atoms with E-state index in [1.165, 1.54) is 5.39 Å². The van der Waals surface area contributed by atoms with E-state index in [4.69, 9.17) is 4.98 Å². The summed E-state index contributed by atoms with van der Waals surface area (Å²) in [5.41, 5.74) is 2.51. The van der Waals surface area contributed by atoms with Crippen LogP contribution in [0.3, 0.4) is 0 Å². The van der Waals surface area contributed by atoms with Crippen molar-refractivity contribution >= 4 is 21.7 Å². The summed E-state index contributed by atoms with van der Waals surface area (Å²) in [6.45, 7) is 0. The summed E-state index contributed by atoms with van der Waals surface area (Å²) >= 11 is 0. The van der Waals surface area contributed by atoms with E-state index in [0.717, 1.165) is 27.7 Å². The Bertz CT molecular complexity index is 1020. The highest BCUT2D eigenvalue weighted by molar-refractivity contribution is 6.07. The molecule has 0 aliphatic heterocycles. The second-order valence-electron chi connectivity index (χ2n) is 4.99. The molecule has 0 atom stereocenters. The van der Waals surface area contributed by atoms with Gasteiger partial charge in [0.05, 0.1) is 5.52 Å². The van der Waals surface area contributed by atoms with Crippen molar-refractivity contribution in [3.05, 3.63) is 84.3 Å². The SMILES string of the molecule is C(#Cc1nc2ccccc2c2ccccc12)c1ccccn1. The maximum atomic E-state index is 4.72. The zero-order valence-corrected chi connectivity index (χ0v) is 11.8. The van der Waals surface area contributed by atoms with E-state index in [1.807, 2.05) is 48.5 Å². The number of aromatic nitrogens is 2. The molecule has 2 heterocycles. The molecule has 4 rings (SSSR count). The largest absolute Gasteiger partial charge is 0.248 e. The minimum Gasteiger partial charge on any atom is -0.248 e. The third-order valence-corrected chi connectivity index (χ3v) is 3.58. The Morgan fingerprint density at radius 2 is 1.36 bits per heavy atom. The highest BCUT2D eigenvalue weighted by Crippen LogP contribution is 2.25. The van der Waals surface area contributed by atoms with E-state index in [9.17, 15) is 0 Å². The van der Waals surface area contributed by atoms with Crippen LogP contribution in [0.1, 0.15) is 11.4 Å². The van der Waals surface area contributed by atoms with Crippen molar-refractivity contribution in [3.8, 4) is 11.8 Å². The number of benzene rings is 2. The van der Waals surface area contributed by atoms with Gasteiger partial charge in [-0.25, -0.2) is 9.97 Å². The molecule has 0 unspecified atom stereocenters. The Morgan fingerprint density at radius 3 is 2.18 bits per heavy atom. The smallest absolute Gasteiger partial charge is 0.122 e. The van der Waals surface area contributed by atoms with Crippen LogP contribution in [0.5, 0.6) is 0 Å². The second-order valence-corrected chi connectivity index (χ2v) is 4.99. The number of pyridine rings is 2. The van der Waals surface area contributed by atoms with Gasteiger partial charge in [0.25, 0.3) is 0 Å². The van der Waals surface area contributed by atoms with Gasteiger partial charge in [-0.05, 0) is 35.4 Å². The monoisotopic (exact) mass is 280 g/mol. The Labute approximate surface area is 128 Å². The van der Waals surface area contributed by atoms with Crippen molar-refractivity contribution in [2.45, 2.75) is 0 Å². The molecule has 0 bridgehead atoms. The predicted molar refractivity (Wildman–Crippen MR) is 89.5 cm³/mol. The van der Waals surface area contributed by atoms with Crippen molar-refractivity contribution in [2.75, 3.05) is 0 Å². The van der Waals surface area contributed by atoms with Crippen LogP contribution in [0.25, 0.3) is 21.7 Å². The standard InChI is InChI=1S/C20H12N2/c1-2-9-18-16(8-1)17-10-3-4-11-19(17)22-20(18)13-12-15-7-5-6-14-21-15/h1-11,14H. The molecular weight excluding hydrogens is 268 g/mol. The fourth-order valence-corrected chi connectivity index (χ4v) is 2.56. The predicted octanol–water partition coefficient (Wildman–Crippen LogP) is 4.18. The molecule has 4 aromatic rings. The van der Waals surface area contributed by atoms with Crippen LogP contribution in [-0.2, 0) is 0 Å². The number of nitrogens with zero attached hydrogens (tertiary/aromatic N) is 2. The molecule has 22 heavy (non-hydrogen) atoms. The molecule has 0 aliphatic rings. The molecule has 0 saturated heterocycles. The number of hydrogen-bond donors (Lipinski definition) is 0. The van der Waals surface area contributed by atoms with Gasteiger partial charge in [-0.2, -0.15) is 0 Å². The third kappa shape index (κ3) is 2.19. The van der Waals surface area contributed by atoms with E-state index in [-0.39, 0.29) is 0 Å². The summed E-state index contributed by atoms with van der Waals surface area (Å²) in [4.78, 5) is 8.95. The molecule has 2 heteroatoms. The van der Waals surface area contributed by atoms with Crippen molar-refractivity contribution < 1.29 is 0 Å². The Balaban J connectivity index is 1.99. The van der Waals surface area contributed by atoms with Gasteiger partial charge in [0.1, 0.15) is 11.4 Å². The van der Waals surface area contributed by atoms with Crippen LogP contribution in [0.2, 0.25) is 0 Å². The van der Waals surface area contributed by atoms with E-state index in [2.05, 4.69) is 35.0 Å². The van der Waals surface area contributed by atoms with Crippen molar-refractivity contribution in [1.29, 1.82) is 0 Å². The second kappa shape index (κ2) is 5.31. The molecule has 2 aromatic heterocycles. The normalized spacial score (nSPS) is 10.4. The fraction of sp³-hybridized carbons (Fsp3) is 0. The minimum atomic E-state index is 0.751. The lowest BCUT2D eigenvalue weighted by molar-refractivity contribution is 1.29. The van der Waals surface area contributed by atoms with Crippen molar-refractivity contribution in [3.63, 3.8) is 0 Å². The minimum absolute atomic E-state index is 0.751. The summed E-state index contributed by atoms with van der Waals surface area (Å²) in [5, 5.41) is 3.41.